The van der Waals surface area contributed by atoms with Gasteiger partial charge in [0.05, 0.1) is 18.1 Å². The third-order valence-corrected chi connectivity index (χ3v) is 4.05. The Morgan fingerprint density at radius 1 is 0.909 bits per heavy atom. The lowest BCUT2D eigenvalue weighted by Crippen LogP contribution is -2.16. The Morgan fingerprint density at radius 3 is 2.50 bits per heavy atom. The monoisotopic (exact) mass is 287 g/mol. The number of nitrogens with one attached hydrogen (secondary N) is 1. The van der Waals surface area contributed by atoms with Crippen molar-refractivity contribution in [1.29, 1.82) is 0 Å². The van der Waals surface area contributed by atoms with Gasteiger partial charge in [-0.3, -0.25) is 0 Å². The van der Waals surface area contributed by atoms with E-state index in [1.807, 2.05) is 6.07 Å². The van der Waals surface area contributed by atoms with E-state index >= 15 is 0 Å². The third kappa shape index (κ3) is 2.11. The van der Waals surface area contributed by atoms with Crippen LogP contribution < -0.4 is 10.2 Å². The Balaban J connectivity index is 1.80. The zero-order chi connectivity index (χ0) is 14.9. The zero-order valence-corrected chi connectivity index (χ0v) is 12.5. The molecule has 4 rings (SSSR count). The Labute approximate surface area is 130 Å². The number of benzene rings is 2. The van der Waals surface area contributed by atoms with Gasteiger partial charge in [-0.1, -0.05) is 42.5 Å². The molecule has 108 valence electrons. The first-order valence-electron chi connectivity index (χ1n) is 7.46. The van der Waals surface area contributed by atoms with Crippen LogP contribution in [0.2, 0.25) is 0 Å². The van der Waals surface area contributed by atoms with Crippen LogP contribution in [0, 0.1) is 6.92 Å². The maximum atomic E-state index is 4.91. The van der Waals surface area contributed by atoms with Crippen LogP contribution in [0.25, 0.3) is 11.3 Å². The van der Waals surface area contributed by atoms with Crippen molar-refractivity contribution < 1.29 is 0 Å². The van der Waals surface area contributed by atoms with Crippen molar-refractivity contribution in [3.63, 3.8) is 0 Å². The summed E-state index contributed by atoms with van der Waals surface area (Å²) < 4.78 is 0. The molecule has 0 atom stereocenters. The smallest absolute Gasteiger partial charge is 0.158 e. The molecule has 22 heavy (non-hydrogen) atoms. The number of aromatic nitrogens is 1. The van der Waals surface area contributed by atoms with E-state index in [9.17, 15) is 0 Å². The number of rotatable bonds is 2. The Bertz CT molecular complexity index is 812. The number of para-hydroxylation sites is 1. The molecule has 0 aliphatic carbocycles. The molecule has 1 aromatic heterocycles. The Kier molecular flexibility index (Phi) is 3.04. The van der Waals surface area contributed by atoms with Gasteiger partial charge in [-0.25, -0.2) is 4.98 Å². The fourth-order valence-electron chi connectivity index (χ4n) is 2.86. The molecule has 1 aliphatic rings. The first-order valence-corrected chi connectivity index (χ1v) is 7.46. The van der Waals surface area contributed by atoms with Crippen LogP contribution >= 0.6 is 0 Å². The highest BCUT2D eigenvalue weighted by Crippen LogP contribution is 2.37. The van der Waals surface area contributed by atoms with E-state index in [2.05, 4.69) is 77.8 Å². The average molecular weight is 287 g/mol. The van der Waals surface area contributed by atoms with E-state index in [0.717, 1.165) is 29.6 Å². The van der Waals surface area contributed by atoms with Gasteiger partial charge in [0.15, 0.2) is 5.82 Å². The van der Waals surface area contributed by atoms with E-state index in [0.29, 0.717) is 0 Å². The van der Waals surface area contributed by atoms with Crippen molar-refractivity contribution in [2.45, 2.75) is 6.92 Å². The predicted octanol–water partition coefficient (Wildman–Crippen LogP) is 4.58. The highest BCUT2D eigenvalue weighted by Gasteiger charge is 2.22. The van der Waals surface area contributed by atoms with Crippen LogP contribution in [0.3, 0.4) is 0 Å². The van der Waals surface area contributed by atoms with Gasteiger partial charge in [0, 0.05) is 11.3 Å². The molecule has 0 bridgehead atoms. The van der Waals surface area contributed by atoms with E-state index in [4.69, 9.17) is 4.98 Å². The fraction of sp³-hybridized carbons (Fsp3) is 0.105. The SMILES string of the molecule is Cc1ccccc1-c1ccc2c(n1)N(c1ccccc1)CN2. The first-order chi connectivity index (χ1) is 10.8. The van der Waals surface area contributed by atoms with Gasteiger partial charge in [-0.05, 0) is 36.8 Å². The quantitative estimate of drug-likeness (QED) is 0.748. The van der Waals surface area contributed by atoms with Gasteiger partial charge in [0.25, 0.3) is 0 Å². The maximum absolute atomic E-state index is 4.91. The minimum atomic E-state index is 0.754. The minimum absolute atomic E-state index is 0.754. The normalized spacial score (nSPS) is 12.9. The minimum Gasteiger partial charge on any atom is -0.364 e. The summed E-state index contributed by atoms with van der Waals surface area (Å²) in [4.78, 5) is 7.11. The molecule has 0 radical (unpaired) electrons. The zero-order valence-electron chi connectivity index (χ0n) is 12.5. The van der Waals surface area contributed by atoms with Gasteiger partial charge < -0.3 is 10.2 Å². The van der Waals surface area contributed by atoms with Crippen molar-refractivity contribution in [1.82, 2.24) is 4.98 Å². The van der Waals surface area contributed by atoms with Crippen molar-refractivity contribution >= 4 is 17.2 Å². The van der Waals surface area contributed by atoms with E-state index < -0.39 is 0 Å². The second kappa shape index (κ2) is 5.19. The number of nitrogens with zero attached hydrogens (tertiary/aromatic N) is 2. The molecule has 2 aromatic carbocycles. The lowest BCUT2D eigenvalue weighted by Gasteiger charge is -2.17. The topological polar surface area (TPSA) is 28.2 Å². The summed E-state index contributed by atoms with van der Waals surface area (Å²) in [6.07, 6.45) is 0. The molecule has 3 heteroatoms. The molecule has 0 amide bonds. The number of hydrogen-bond donors (Lipinski definition) is 1. The van der Waals surface area contributed by atoms with Crippen LogP contribution in [0.4, 0.5) is 17.2 Å². The summed E-state index contributed by atoms with van der Waals surface area (Å²) in [7, 11) is 0. The van der Waals surface area contributed by atoms with Crippen molar-refractivity contribution in [3.05, 3.63) is 72.3 Å². The lowest BCUT2D eigenvalue weighted by atomic mass is 10.1. The number of pyridine rings is 1. The van der Waals surface area contributed by atoms with Crippen LogP contribution in [-0.4, -0.2) is 11.7 Å². The standard InChI is InChI=1S/C19H17N3/c1-14-7-5-6-10-16(14)17-11-12-18-19(21-17)22(13-20-18)15-8-3-2-4-9-15/h2-12,20H,13H2,1H3. The number of fused-ring (bicyclic) bond motifs is 1. The molecule has 1 aliphatic heterocycles. The molecule has 0 fully saturated rings. The van der Waals surface area contributed by atoms with E-state index in [1.54, 1.807) is 0 Å². The summed E-state index contributed by atoms with van der Waals surface area (Å²) in [5.74, 6) is 0.993. The molecule has 3 aromatic rings. The second-order valence-corrected chi connectivity index (χ2v) is 5.48. The van der Waals surface area contributed by atoms with Crippen LogP contribution in [0.1, 0.15) is 5.56 Å². The second-order valence-electron chi connectivity index (χ2n) is 5.48. The highest BCUT2D eigenvalue weighted by atomic mass is 15.3. The van der Waals surface area contributed by atoms with E-state index in [1.165, 1.54) is 11.1 Å². The average Bonchev–Trinajstić information content (AvgIpc) is 2.99. The van der Waals surface area contributed by atoms with Gasteiger partial charge in [0.1, 0.15) is 0 Å². The van der Waals surface area contributed by atoms with Gasteiger partial charge in [0.2, 0.25) is 0 Å². The van der Waals surface area contributed by atoms with Crippen molar-refractivity contribution in [2.24, 2.45) is 0 Å². The summed E-state index contributed by atoms with van der Waals surface area (Å²) in [6, 6.07) is 22.9. The molecule has 0 saturated heterocycles. The Morgan fingerprint density at radius 2 is 1.68 bits per heavy atom. The van der Waals surface area contributed by atoms with Gasteiger partial charge in [-0.15, -0.1) is 0 Å². The summed E-state index contributed by atoms with van der Waals surface area (Å²) >= 11 is 0. The molecule has 0 spiro atoms. The third-order valence-electron chi connectivity index (χ3n) is 4.05. The summed E-state index contributed by atoms with van der Waals surface area (Å²) in [6.45, 7) is 2.88. The Hall–Kier alpha value is -2.81. The fourth-order valence-corrected chi connectivity index (χ4v) is 2.86. The van der Waals surface area contributed by atoms with Crippen LogP contribution in [-0.2, 0) is 0 Å². The highest BCUT2D eigenvalue weighted by molar-refractivity contribution is 5.80. The molecule has 2 heterocycles. The number of hydrogen-bond acceptors (Lipinski definition) is 3. The predicted molar refractivity (Wildman–Crippen MR) is 91.5 cm³/mol. The molecular weight excluding hydrogens is 270 g/mol. The molecule has 3 nitrogen and oxygen atoms in total. The van der Waals surface area contributed by atoms with Gasteiger partial charge in [-0.2, -0.15) is 0 Å². The maximum Gasteiger partial charge on any atom is 0.158 e. The van der Waals surface area contributed by atoms with Gasteiger partial charge >= 0.3 is 0 Å². The molecule has 0 unspecified atom stereocenters. The molecule has 0 saturated carbocycles. The van der Waals surface area contributed by atoms with Crippen LogP contribution in [0.5, 0.6) is 0 Å². The largest absolute Gasteiger partial charge is 0.364 e. The first kappa shape index (κ1) is 12.9. The number of anilines is 3. The van der Waals surface area contributed by atoms with Crippen molar-refractivity contribution in [2.75, 3.05) is 16.9 Å². The molecular formula is C19H17N3. The summed E-state index contributed by atoms with van der Waals surface area (Å²) in [5, 5.41) is 3.41. The number of aryl methyl sites for hydroxylation is 1. The van der Waals surface area contributed by atoms with Crippen LogP contribution in [0.15, 0.2) is 66.7 Å². The lowest BCUT2D eigenvalue weighted by molar-refractivity contribution is 1.07. The molecule has 1 N–H and O–H groups in total. The van der Waals surface area contributed by atoms with Crippen molar-refractivity contribution in [3.8, 4) is 11.3 Å². The van der Waals surface area contributed by atoms with E-state index in [-0.39, 0.29) is 0 Å². The summed E-state index contributed by atoms with van der Waals surface area (Å²) in [5.41, 5.74) is 5.68.